The van der Waals surface area contributed by atoms with Gasteiger partial charge in [0.2, 0.25) is 0 Å². The number of ether oxygens (including phenoxy) is 1. The maximum absolute atomic E-state index is 13.0. The van der Waals surface area contributed by atoms with E-state index in [2.05, 4.69) is 59.8 Å². The van der Waals surface area contributed by atoms with Gasteiger partial charge in [0.05, 0.1) is 35.6 Å². The van der Waals surface area contributed by atoms with Crippen molar-refractivity contribution in [2.45, 2.75) is 65.0 Å². The smallest absolute Gasteiger partial charge is 0.407 e. The van der Waals surface area contributed by atoms with Gasteiger partial charge in [-0.25, -0.2) is 14.8 Å². The maximum atomic E-state index is 13.0. The van der Waals surface area contributed by atoms with Crippen LogP contribution < -0.4 is 9.64 Å². The number of aryl methyl sites for hydroxylation is 1. The molecule has 1 N–H and O–H groups in total. The number of hydrogen-bond donors (Lipinski definition) is 1. The highest BCUT2D eigenvalue weighted by atomic mass is 79.9. The third kappa shape index (κ3) is 8.50. The van der Waals surface area contributed by atoms with Gasteiger partial charge in [-0.3, -0.25) is 9.58 Å². The molecule has 0 bridgehead atoms. The van der Waals surface area contributed by atoms with E-state index in [9.17, 15) is 23.1 Å². The molecule has 280 valence electrons. The number of hydrogen-bond acceptors (Lipinski definition) is 8. The van der Waals surface area contributed by atoms with Gasteiger partial charge in [-0.1, -0.05) is 32.4 Å². The van der Waals surface area contributed by atoms with Crippen LogP contribution in [0, 0.1) is 19.3 Å². The first-order chi connectivity index (χ1) is 23.5. The maximum Gasteiger partial charge on any atom is 0.407 e. The molecule has 17 heteroatoms. The summed E-state index contributed by atoms with van der Waals surface area (Å²) in [6.07, 6.45) is -5.81. The van der Waals surface area contributed by atoms with Crippen molar-refractivity contribution in [3.63, 3.8) is 0 Å². The molecule has 0 saturated carbocycles. The minimum absolute atomic E-state index is 0.0971. The molecule has 2 aliphatic heterocycles. The summed E-state index contributed by atoms with van der Waals surface area (Å²) in [6.45, 7) is 15.7. The average Bonchev–Trinajstić information content (AvgIpc) is 3.22. The highest BCUT2D eigenvalue weighted by molar-refractivity contribution is 9.10. The summed E-state index contributed by atoms with van der Waals surface area (Å²) < 4.78 is 54.2. The standard InChI is InChI=1S/C34H46BrClF3N7O4Si/c1-20-26(27-21(2)28(35)42-44(27)7)40-29(41-30(20)46-17-33(18-46)15-45(16-33)19-34(37,38)39)24-12-22(10-11-25(24)36)49-14-23(13-43(6)31(47)48)50-51(8,9)32(3,4)5/h10-12,23H,13-19H2,1-9H3,(H,47,48)/t23-/m1/s1. The van der Waals surface area contributed by atoms with Crippen LogP contribution in [0.15, 0.2) is 22.8 Å². The lowest BCUT2D eigenvalue weighted by Gasteiger charge is -2.61. The Morgan fingerprint density at radius 2 is 1.78 bits per heavy atom. The SMILES string of the molecule is Cc1c(-c2c(C)c(Br)nn2C)nc(-c2cc(OC[C@@H](CN(C)C(=O)O)O[Si](C)(C)C(C)(C)C)ccc2Cl)nc1N1CC2(CN(CC(F)(F)F)C2)C1. The molecule has 2 aliphatic rings. The van der Waals surface area contributed by atoms with E-state index in [1.165, 1.54) is 16.8 Å². The molecule has 1 spiro atoms. The van der Waals surface area contributed by atoms with Crippen molar-refractivity contribution in [2.75, 3.05) is 57.8 Å². The average molecular weight is 817 g/mol. The fraction of sp³-hybridized carbons (Fsp3) is 0.588. The molecule has 1 atom stereocenters. The van der Waals surface area contributed by atoms with Crippen LogP contribution >= 0.6 is 27.5 Å². The molecular formula is C34H46BrClF3N7O4Si. The van der Waals surface area contributed by atoms with E-state index in [4.69, 9.17) is 30.7 Å². The number of rotatable bonds is 11. The highest BCUT2D eigenvalue weighted by Gasteiger charge is 2.54. The van der Waals surface area contributed by atoms with Crippen molar-refractivity contribution in [3.8, 4) is 28.5 Å². The molecule has 2 saturated heterocycles. The van der Waals surface area contributed by atoms with Crippen LogP contribution in [0.1, 0.15) is 31.9 Å². The van der Waals surface area contributed by atoms with Crippen molar-refractivity contribution in [1.29, 1.82) is 0 Å². The number of amides is 1. The van der Waals surface area contributed by atoms with Gasteiger partial charge in [0.25, 0.3) is 0 Å². The highest BCUT2D eigenvalue weighted by Crippen LogP contribution is 2.45. The fourth-order valence-electron chi connectivity index (χ4n) is 6.53. The van der Waals surface area contributed by atoms with E-state index in [0.717, 1.165) is 16.8 Å². The number of halogens is 5. The Kier molecular flexibility index (Phi) is 10.9. The van der Waals surface area contributed by atoms with Crippen molar-refractivity contribution in [1.82, 2.24) is 29.5 Å². The minimum Gasteiger partial charge on any atom is -0.491 e. The summed E-state index contributed by atoms with van der Waals surface area (Å²) in [4.78, 5) is 26.4. The van der Waals surface area contributed by atoms with Gasteiger partial charge in [-0.2, -0.15) is 18.3 Å². The quantitative estimate of drug-likeness (QED) is 0.196. The van der Waals surface area contributed by atoms with Crippen LogP contribution in [-0.2, 0) is 11.5 Å². The first kappa shape index (κ1) is 39.3. The summed E-state index contributed by atoms with van der Waals surface area (Å²) >= 11 is 10.3. The molecule has 3 aromatic rings. The molecular weight excluding hydrogens is 771 g/mol. The van der Waals surface area contributed by atoms with Gasteiger partial charge >= 0.3 is 12.3 Å². The number of likely N-dealkylation sites (tertiary alicyclic amines) is 1. The Morgan fingerprint density at radius 3 is 2.33 bits per heavy atom. The van der Waals surface area contributed by atoms with E-state index < -0.39 is 33.2 Å². The molecule has 0 unspecified atom stereocenters. The zero-order chi connectivity index (χ0) is 37.8. The normalized spacial score (nSPS) is 16.9. The Bertz CT molecular complexity index is 1790. The minimum atomic E-state index is -4.22. The van der Waals surface area contributed by atoms with E-state index >= 15 is 0 Å². The summed E-state index contributed by atoms with van der Waals surface area (Å²) in [5.41, 5.74) is 3.46. The Hall–Kier alpha value is -2.92. The third-order valence-electron chi connectivity index (χ3n) is 10.1. The summed E-state index contributed by atoms with van der Waals surface area (Å²) in [6, 6.07) is 5.20. The van der Waals surface area contributed by atoms with Crippen LogP contribution in [-0.4, -0.2) is 114 Å². The van der Waals surface area contributed by atoms with Gasteiger partial charge in [0.1, 0.15) is 22.8 Å². The first-order valence-electron chi connectivity index (χ1n) is 16.7. The largest absolute Gasteiger partial charge is 0.491 e. The van der Waals surface area contributed by atoms with Crippen LogP contribution in [0.5, 0.6) is 5.75 Å². The van der Waals surface area contributed by atoms with E-state index in [0.29, 0.717) is 64.5 Å². The number of aromatic nitrogens is 4. The number of carboxylic acid groups (broad SMARTS) is 1. The molecule has 11 nitrogen and oxygen atoms in total. The van der Waals surface area contributed by atoms with E-state index in [1.807, 2.05) is 20.9 Å². The van der Waals surface area contributed by atoms with Crippen LogP contribution in [0.2, 0.25) is 23.2 Å². The van der Waals surface area contributed by atoms with E-state index in [1.54, 1.807) is 22.9 Å². The molecule has 51 heavy (non-hydrogen) atoms. The first-order valence-corrected chi connectivity index (χ1v) is 20.7. The fourth-order valence-corrected chi connectivity index (χ4v) is 8.49. The Morgan fingerprint density at radius 1 is 1.14 bits per heavy atom. The number of carbonyl (C=O) groups is 1. The molecule has 2 aromatic heterocycles. The number of alkyl halides is 3. The number of anilines is 1. The van der Waals surface area contributed by atoms with Crippen LogP contribution in [0.25, 0.3) is 22.8 Å². The second-order valence-corrected chi connectivity index (χ2v) is 21.4. The number of benzene rings is 1. The summed E-state index contributed by atoms with van der Waals surface area (Å²) in [5, 5.41) is 14.4. The van der Waals surface area contributed by atoms with Gasteiger partial charge in [-0.05, 0) is 66.1 Å². The topological polar surface area (TPSA) is 109 Å². The molecule has 2 fully saturated rings. The monoisotopic (exact) mass is 815 g/mol. The van der Waals surface area contributed by atoms with Crippen molar-refractivity contribution in [3.05, 3.63) is 39.0 Å². The molecule has 5 rings (SSSR count). The lowest BCUT2D eigenvalue weighted by Crippen LogP contribution is -2.73. The van der Waals surface area contributed by atoms with Crippen molar-refractivity contribution in [2.24, 2.45) is 12.5 Å². The van der Waals surface area contributed by atoms with Crippen molar-refractivity contribution < 1.29 is 32.2 Å². The summed E-state index contributed by atoms with van der Waals surface area (Å²) in [7, 11) is 1.06. The molecule has 0 radical (unpaired) electrons. The lowest BCUT2D eigenvalue weighted by molar-refractivity contribution is -0.172. The molecule has 1 amide bonds. The zero-order valence-corrected chi connectivity index (χ0v) is 33.8. The Labute approximate surface area is 311 Å². The zero-order valence-electron chi connectivity index (χ0n) is 30.5. The molecule has 0 aliphatic carbocycles. The van der Waals surface area contributed by atoms with Crippen molar-refractivity contribution >= 4 is 47.8 Å². The number of nitrogens with zero attached hydrogens (tertiary/aromatic N) is 7. The summed E-state index contributed by atoms with van der Waals surface area (Å²) in [5.74, 6) is 1.50. The molecule has 4 heterocycles. The Balaban J connectivity index is 1.46. The van der Waals surface area contributed by atoms with E-state index in [-0.39, 0.29) is 23.6 Å². The van der Waals surface area contributed by atoms with Gasteiger partial charge in [0, 0.05) is 62.4 Å². The second kappa shape index (κ2) is 14.1. The van der Waals surface area contributed by atoms with Crippen LogP contribution in [0.3, 0.4) is 0 Å². The molecule has 1 aromatic carbocycles. The van der Waals surface area contributed by atoms with Gasteiger partial charge < -0.3 is 24.1 Å². The predicted octanol–water partition coefficient (Wildman–Crippen LogP) is 7.64. The predicted molar refractivity (Wildman–Crippen MR) is 197 cm³/mol. The second-order valence-electron chi connectivity index (χ2n) is 15.5. The van der Waals surface area contributed by atoms with Crippen LogP contribution in [0.4, 0.5) is 23.8 Å². The van der Waals surface area contributed by atoms with Gasteiger partial charge in [-0.15, -0.1) is 0 Å². The lowest BCUT2D eigenvalue weighted by atomic mass is 9.72. The third-order valence-corrected chi connectivity index (χ3v) is 15.7. The van der Waals surface area contributed by atoms with Gasteiger partial charge in [0.15, 0.2) is 14.1 Å². The number of likely N-dealkylation sites (N-methyl/N-ethyl adjacent to an activating group) is 1.